The Labute approximate surface area is 177 Å². The van der Waals surface area contributed by atoms with Gasteiger partial charge in [-0.2, -0.15) is 0 Å². The molecule has 2 rings (SSSR count). The Bertz CT molecular complexity index is 991. The molecule has 0 heterocycles. The number of aryl methyl sites for hydroxylation is 2. The van der Waals surface area contributed by atoms with Crippen molar-refractivity contribution >= 4 is 21.6 Å². The highest BCUT2D eigenvalue weighted by molar-refractivity contribution is 7.92. The molecule has 0 aliphatic heterocycles. The van der Waals surface area contributed by atoms with Crippen LogP contribution in [0.1, 0.15) is 11.1 Å². The number of nitrogens with zero attached hydrogens (tertiary/aromatic N) is 1. The molecule has 0 spiro atoms. The van der Waals surface area contributed by atoms with Crippen LogP contribution in [0.3, 0.4) is 0 Å². The van der Waals surface area contributed by atoms with E-state index in [1.54, 1.807) is 12.1 Å². The Morgan fingerprint density at radius 3 is 2.40 bits per heavy atom. The summed E-state index contributed by atoms with van der Waals surface area (Å²) in [6.07, 6.45) is 1.04. The van der Waals surface area contributed by atoms with Crippen molar-refractivity contribution in [3.63, 3.8) is 0 Å². The average Bonchev–Trinajstić information content (AvgIpc) is 2.70. The van der Waals surface area contributed by atoms with Crippen LogP contribution >= 0.6 is 0 Å². The number of hydrogen-bond acceptors (Lipinski definition) is 6. The first-order chi connectivity index (χ1) is 14.2. The number of carbonyl (C=O) groups is 1. The number of sulfonamides is 1. The molecular formula is C21H28N2O6S. The van der Waals surface area contributed by atoms with Crippen molar-refractivity contribution in [1.82, 2.24) is 5.32 Å². The number of carbonyl (C=O) groups excluding carboxylic acids is 1. The third-order valence-electron chi connectivity index (χ3n) is 4.37. The van der Waals surface area contributed by atoms with Gasteiger partial charge < -0.3 is 19.5 Å². The van der Waals surface area contributed by atoms with Gasteiger partial charge in [0, 0.05) is 6.07 Å². The van der Waals surface area contributed by atoms with Crippen molar-refractivity contribution < 1.29 is 27.4 Å². The molecule has 30 heavy (non-hydrogen) atoms. The van der Waals surface area contributed by atoms with Crippen molar-refractivity contribution in [2.75, 3.05) is 44.5 Å². The molecule has 0 aliphatic rings. The van der Waals surface area contributed by atoms with Crippen LogP contribution < -0.4 is 23.8 Å². The summed E-state index contributed by atoms with van der Waals surface area (Å²) in [5, 5.41) is 2.68. The minimum Gasteiger partial charge on any atom is -0.497 e. The van der Waals surface area contributed by atoms with E-state index in [0.717, 1.165) is 27.4 Å². The van der Waals surface area contributed by atoms with Gasteiger partial charge in [-0.3, -0.25) is 9.10 Å². The Morgan fingerprint density at radius 2 is 1.77 bits per heavy atom. The zero-order valence-electron chi connectivity index (χ0n) is 17.9. The zero-order valence-corrected chi connectivity index (χ0v) is 18.7. The molecule has 0 radical (unpaired) electrons. The van der Waals surface area contributed by atoms with Crippen molar-refractivity contribution in [3.8, 4) is 17.2 Å². The molecule has 0 saturated heterocycles. The molecule has 1 amide bonds. The van der Waals surface area contributed by atoms with Crippen LogP contribution in [-0.4, -0.2) is 54.5 Å². The van der Waals surface area contributed by atoms with E-state index in [1.807, 2.05) is 32.0 Å². The smallest absolute Gasteiger partial charge is 0.240 e. The predicted octanol–water partition coefficient (Wildman–Crippen LogP) is 2.28. The SMILES string of the molecule is COc1ccc(N(CC(=O)NCCOc2cc(C)ccc2C)S(C)(=O)=O)c(OC)c1. The first-order valence-corrected chi connectivity index (χ1v) is 11.2. The third kappa shape index (κ3) is 6.28. The van der Waals surface area contributed by atoms with E-state index in [4.69, 9.17) is 14.2 Å². The number of hydrogen-bond donors (Lipinski definition) is 1. The highest BCUT2D eigenvalue weighted by Gasteiger charge is 2.24. The molecule has 0 atom stereocenters. The Hall–Kier alpha value is -2.94. The number of nitrogens with one attached hydrogen (secondary N) is 1. The van der Waals surface area contributed by atoms with Gasteiger partial charge >= 0.3 is 0 Å². The molecular weight excluding hydrogens is 408 g/mol. The summed E-state index contributed by atoms with van der Waals surface area (Å²) in [7, 11) is -0.812. The fourth-order valence-electron chi connectivity index (χ4n) is 2.77. The second-order valence-electron chi connectivity index (χ2n) is 6.77. The van der Waals surface area contributed by atoms with Crippen molar-refractivity contribution in [3.05, 3.63) is 47.5 Å². The average molecular weight is 437 g/mol. The Balaban J connectivity index is 2.02. The molecule has 0 aromatic heterocycles. The molecule has 1 N–H and O–H groups in total. The van der Waals surface area contributed by atoms with Crippen LogP contribution in [0, 0.1) is 13.8 Å². The van der Waals surface area contributed by atoms with Crippen LogP contribution in [0.2, 0.25) is 0 Å². The fourth-order valence-corrected chi connectivity index (χ4v) is 3.63. The molecule has 2 aromatic rings. The zero-order chi connectivity index (χ0) is 22.3. The van der Waals surface area contributed by atoms with E-state index in [9.17, 15) is 13.2 Å². The van der Waals surface area contributed by atoms with Crippen LogP contribution in [0.25, 0.3) is 0 Å². The quantitative estimate of drug-likeness (QED) is 0.575. The standard InChI is InChI=1S/C21H28N2O6S/c1-15-6-7-16(2)19(12-15)29-11-10-22-21(24)14-23(30(5,25)26)18-9-8-17(27-3)13-20(18)28-4/h6-9,12-13H,10-11,14H2,1-5H3,(H,22,24). The molecule has 164 valence electrons. The summed E-state index contributed by atoms with van der Waals surface area (Å²) in [5.74, 6) is 1.09. The summed E-state index contributed by atoms with van der Waals surface area (Å²) in [6.45, 7) is 4.04. The highest BCUT2D eigenvalue weighted by Crippen LogP contribution is 2.33. The van der Waals surface area contributed by atoms with Crippen LogP contribution in [0.5, 0.6) is 17.2 Å². The van der Waals surface area contributed by atoms with Gasteiger partial charge in [-0.15, -0.1) is 0 Å². The van der Waals surface area contributed by atoms with Crippen LogP contribution in [0.4, 0.5) is 5.69 Å². The number of ether oxygens (including phenoxy) is 3. The van der Waals surface area contributed by atoms with Crippen molar-refractivity contribution in [2.24, 2.45) is 0 Å². The van der Waals surface area contributed by atoms with Gasteiger partial charge in [-0.25, -0.2) is 8.42 Å². The summed E-state index contributed by atoms with van der Waals surface area (Å²) in [4.78, 5) is 12.4. The van der Waals surface area contributed by atoms with Crippen LogP contribution in [0.15, 0.2) is 36.4 Å². The topological polar surface area (TPSA) is 94.2 Å². The van der Waals surface area contributed by atoms with E-state index < -0.39 is 15.9 Å². The van der Waals surface area contributed by atoms with Gasteiger partial charge in [-0.1, -0.05) is 12.1 Å². The molecule has 0 fully saturated rings. The maximum absolute atomic E-state index is 12.4. The number of benzene rings is 2. The van der Waals surface area contributed by atoms with Gasteiger partial charge in [0.25, 0.3) is 0 Å². The monoisotopic (exact) mass is 436 g/mol. The molecule has 0 saturated carbocycles. The number of rotatable bonds is 10. The van der Waals surface area contributed by atoms with E-state index in [-0.39, 0.29) is 31.1 Å². The fraction of sp³-hybridized carbons (Fsp3) is 0.381. The third-order valence-corrected chi connectivity index (χ3v) is 5.50. The number of methoxy groups -OCH3 is 2. The molecule has 0 bridgehead atoms. The van der Waals surface area contributed by atoms with Gasteiger partial charge in [-0.05, 0) is 43.2 Å². The van der Waals surface area contributed by atoms with Crippen molar-refractivity contribution in [2.45, 2.75) is 13.8 Å². The minimum absolute atomic E-state index is 0.240. The van der Waals surface area contributed by atoms with Crippen molar-refractivity contribution in [1.29, 1.82) is 0 Å². The van der Waals surface area contributed by atoms with Gasteiger partial charge in [0.1, 0.15) is 30.4 Å². The lowest BCUT2D eigenvalue weighted by atomic mass is 10.1. The van der Waals surface area contributed by atoms with Gasteiger partial charge in [0.2, 0.25) is 15.9 Å². The summed E-state index contributed by atoms with van der Waals surface area (Å²) in [5.41, 5.74) is 2.33. The van der Waals surface area contributed by atoms with Gasteiger partial charge in [0.05, 0.1) is 32.7 Å². The summed E-state index contributed by atoms with van der Waals surface area (Å²) >= 11 is 0. The predicted molar refractivity (Wildman–Crippen MR) is 116 cm³/mol. The first-order valence-electron chi connectivity index (χ1n) is 9.32. The molecule has 8 nitrogen and oxygen atoms in total. The molecule has 0 unspecified atom stereocenters. The lowest BCUT2D eigenvalue weighted by Gasteiger charge is -2.24. The number of anilines is 1. The van der Waals surface area contributed by atoms with E-state index in [0.29, 0.717) is 5.75 Å². The van der Waals surface area contributed by atoms with Crippen LogP contribution in [-0.2, 0) is 14.8 Å². The first kappa shape index (κ1) is 23.3. The second kappa shape index (κ2) is 10.2. The molecule has 9 heteroatoms. The maximum Gasteiger partial charge on any atom is 0.240 e. The largest absolute Gasteiger partial charge is 0.497 e. The Morgan fingerprint density at radius 1 is 1.03 bits per heavy atom. The summed E-state index contributed by atoms with van der Waals surface area (Å²) < 4.78 is 41.7. The summed E-state index contributed by atoms with van der Waals surface area (Å²) in [6, 6.07) is 10.6. The lowest BCUT2D eigenvalue weighted by Crippen LogP contribution is -2.41. The molecule has 2 aromatic carbocycles. The van der Waals surface area contributed by atoms with Gasteiger partial charge in [0.15, 0.2) is 0 Å². The maximum atomic E-state index is 12.4. The minimum atomic E-state index is -3.73. The lowest BCUT2D eigenvalue weighted by molar-refractivity contribution is -0.119. The van der Waals surface area contributed by atoms with E-state index in [1.165, 1.54) is 20.3 Å². The Kier molecular flexibility index (Phi) is 7.93. The number of amides is 1. The van der Waals surface area contributed by atoms with E-state index in [2.05, 4.69) is 5.32 Å². The molecule has 0 aliphatic carbocycles. The highest BCUT2D eigenvalue weighted by atomic mass is 32.2. The second-order valence-corrected chi connectivity index (χ2v) is 8.68. The normalized spacial score (nSPS) is 11.0. The van der Waals surface area contributed by atoms with E-state index >= 15 is 0 Å².